The van der Waals surface area contributed by atoms with Crippen LogP contribution < -0.4 is 5.32 Å². The largest absolute Gasteiger partial charge is 0.311 e. The maximum atomic E-state index is 12.6. The van der Waals surface area contributed by atoms with E-state index in [-0.39, 0.29) is 11.7 Å². The summed E-state index contributed by atoms with van der Waals surface area (Å²) in [6.45, 7) is 0. The van der Waals surface area contributed by atoms with Crippen LogP contribution in [0.1, 0.15) is 36.0 Å². The lowest BCUT2D eigenvalue weighted by Crippen LogP contribution is -2.40. The van der Waals surface area contributed by atoms with Crippen LogP contribution in [0, 0.1) is 5.92 Å². The highest BCUT2D eigenvalue weighted by atomic mass is 16.1. The molecule has 2 atom stereocenters. The van der Waals surface area contributed by atoms with Gasteiger partial charge < -0.3 is 5.32 Å². The number of imidazole rings is 1. The summed E-state index contributed by atoms with van der Waals surface area (Å²) in [6.07, 6.45) is 12.6. The Morgan fingerprint density at radius 2 is 1.90 bits per heavy atom. The molecule has 0 aliphatic carbocycles. The molecule has 2 bridgehead atoms. The van der Waals surface area contributed by atoms with Gasteiger partial charge in [0.15, 0.2) is 5.78 Å². The van der Waals surface area contributed by atoms with Crippen LogP contribution in [0.25, 0.3) is 5.95 Å². The molecule has 2 aromatic heterocycles. The predicted octanol–water partition coefficient (Wildman–Crippen LogP) is 1.38. The van der Waals surface area contributed by atoms with Crippen molar-refractivity contribution in [3.63, 3.8) is 0 Å². The Kier molecular flexibility index (Phi) is 3.03. The molecule has 2 fully saturated rings. The van der Waals surface area contributed by atoms with Gasteiger partial charge in [0.05, 0.1) is 5.56 Å². The molecule has 2 saturated heterocycles. The van der Waals surface area contributed by atoms with Gasteiger partial charge in [0.2, 0.25) is 5.95 Å². The number of rotatable bonds is 3. The van der Waals surface area contributed by atoms with E-state index in [1.165, 1.54) is 12.8 Å². The molecule has 6 heteroatoms. The van der Waals surface area contributed by atoms with Crippen LogP contribution in [0.15, 0.2) is 31.1 Å². The number of nitrogens with zero attached hydrogens (tertiary/aromatic N) is 4. The third kappa shape index (κ3) is 2.35. The fraction of sp³-hybridized carbons (Fsp3) is 0.467. The molecule has 108 valence electrons. The Hall–Kier alpha value is -2.08. The Labute approximate surface area is 122 Å². The van der Waals surface area contributed by atoms with E-state index in [0.29, 0.717) is 23.6 Å². The summed E-state index contributed by atoms with van der Waals surface area (Å²) < 4.78 is 1.72. The Bertz CT molecular complexity index is 625. The van der Waals surface area contributed by atoms with Crippen molar-refractivity contribution in [3.8, 4) is 5.95 Å². The molecule has 0 radical (unpaired) electrons. The number of Topliss-reactive ketones (excluding diaryl/α,β-unsaturated/α-hetero) is 1. The minimum absolute atomic E-state index is 0.117. The zero-order chi connectivity index (χ0) is 14.2. The van der Waals surface area contributed by atoms with Crippen LogP contribution in [0.5, 0.6) is 0 Å². The van der Waals surface area contributed by atoms with E-state index in [2.05, 4.69) is 20.3 Å². The van der Waals surface area contributed by atoms with Gasteiger partial charge in [-0.25, -0.2) is 15.0 Å². The topological polar surface area (TPSA) is 72.7 Å². The van der Waals surface area contributed by atoms with Crippen LogP contribution in [-0.2, 0) is 0 Å². The molecule has 2 aliphatic heterocycles. The van der Waals surface area contributed by atoms with E-state index < -0.39 is 0 Å². The molecule has 6 nitrogen and oxygen atoms in total. The van der Waals surface area contributed by atoms with E-state index in [9.17, 15) is 4.79 Å². The van der Waals surface area contributed by atoms with Crippen LogP contribution in [0.2, 0.25) is 0 Å². The van der Waals surface area contributed by atoms with Gasteiger partial charge >= 0.3 is 0 Å². The lowest BCUT2D eigenvalue weighted by molar-refractivity contribution is 0.0875. The minimum atomic E-state index is 0.117. The normalized spacial score (nSPS) is 27.7. The van der Waals surface area contributed by atoms with Crippen molar-refractivity contribution in [1.29, 1.82) is 0 Å². The first-order valence-electron chi connectivity index (χ1n) is 7.40. The van der Waals surface area contributed by atoms with E-state index in [1.54, 1.807) is 35.7 Å². The van der Waals surface area contributed by atoms with Crippen molar-refractivity contribution in [2.45, 2.75) is 37.8 Å². The molecule has 4 heterocycles. The monoisotopic (exact) mass is 283 g/mol. The third-order valence-corrected chi connectivity index (χ3v) is 4.50. The van der Waals surface area contributed by atoms with Crippen molar-refractivity contribution in [2.24, 2.45) is 5.92 Å². The summed E-state index contributed by atoms with van der Waals surface area (Å²) in [5.41, 5.74) is 0.616. The van der Waals surface area contributed by atoms with Crippen molar-refractivity contribution < 1.29 is 4.79 Å². The van der Waals surface area contributed by atoms with Crippen LogP contribution in [0.4, 0.5) is 0 Å². The molecular weight excluding hydrogens is 266 g/mol. The van der Waals surface area contributed by atoms with E-state index in [1.807, 2.05) is 0 Å². The number of carbonyl (C=O) groups excluding carboxylic acids is 1. The average Bonchev–Trinajstić information content (AvgIpc) is 3.17. The van der Waals surface area contributed by atoms with Crippen LogP contribution >= 0.6 is 0 Å². The second-order valence-electron chi connectivity index (χ2n) is 5.91. The molecule has 2 aliphatic rings. The van der Waals surface area contributed by atoms with Crippen molar-refractivity contribution in [3.05, 3.63) is 36.7 Å². The van der Waals surface area contributed by atoms with Crippen molar-refractivity contribution >= 4 is 5.78 Å². The lowest BCUT2D eigenvalue weighted by Gasteiger charge is -2.27. The van der Waals surface area contributed by atoms with Gasteiger partial charge in [-0.2, -0.15) is 0 Å². The molecule has 0 amide bonds. The van der Waals surface area contributed by atoms with Gasteiger partial charge in [-0.15, -0.1) is 0 Å². The lowest BCUT2D eigenvalue weighted by atomic mass is 9.87. The first-order chi connectivity index (χ1) is 10.3. The molecule has 1 N–H and O–H groups in total. The summed E-state index contributed by atoms with van der Waals surface area (Å²) in [4.78, 5) is 25.1. The van der Waals surface area contributed by atoms with Gasteiger partial charge in [-0.05, 0) is 25.7 Å². The average molecular weight is 283 g/mol. The number of hydrogen-bond acceptors (Lipinski definition) is 5. The maximum absolute atomic E-state index is 12.6. The molecule has 2 unspecified atom stereocenters. The molecule has 0 spiro atoms. The fourth-order valence-corrected chi connectivity index (χ4v) is 3.47. The van der Waals surface area contributed by atoms with E-state index in [4.69, 9.17) is 0 Å². The standard InChI is InChI=1S/C15H17N5O/c21-14(10-5-12-1-2-13(6-10)19-12)11-7-17-15(18-8-11)20-4-3-16-9-20/h3-4,7-10,12-13,19H,1-2,5-6H2. The first-order valence-corrected chi connectivity index (χ1v) is 7.40. The summed E-state index contributed by atoms with van der Waals surface area (Å²) in [6, 6.07) is 1.03. The number of nitrogens with one attached hydrogen (secondary N) is 1. The van der Waals surface area contributed by atoms with Crippen LogP contribution in [-0.4, -0.2) is 37.4 Å². The maximum Gasteiger partial charge on any atom is 0.234 e. The number of hydrogen-bond donors (Lipinski definition) is 1. The zero-order valence-corrected chi connectivity index (χ0v) is 11.6. The number of aromatic nitrogens is 4. The SMILES string of the molecule is O=C(c1cnc(-n2ccnc2)nc1)C1CC2CCC(C1)N2. The molecular formula is C15H17N5O. The predicted molar refractivity (Wildman–Crippen MR) is 76.2 cm³/mol. The van der Waals surface area contributed by atoms with E-state index in [0.717, 1.165) is 12.8 Å². The van der Waals surface area contributed by atoms with Crippen LogP contribution in [0.3, 0.4) is 0 Å². The van der Waals surface area contributed by atoms with Gasteiger partial charge in [0.1, 0.15) is 6.33 Å². The van der Waals surface area contributed by atoms with Gasteiger partial charge in [-0.1, -0.05) is 0 Å². The molecule has 0 saturated carbocycles. The second kappa shape index (κ2) is 5.04. The second-order valence-corrected chi connectivity index (χ2v) is 5.91. The Morgan fingerprint density at radius 3 is 2.52 bits per heavy atom. The number of ketones is 1. The fourth-order valence-electron chi connectivity index (χ4n) is 3.47. The van der Waals surface area contributed by atoms with Gasteiger partial charge in [0.25, 0.3) is 0 Å². The highest BCUT2D eigenvalue weighted by Crippen LogP contribution is 2.32. The Balaban J connectivity index is 1.52. The highest BCUT2D eigenvalue weighted by molar-refractivity contribution is 5.97. The summed E-state index contributed by atoms with van der Waals surface area (Å²) in [5.74, 6) is 0.839. The van der Waals surface area contributed by atoms with Gasteiger partial charge in [-0.3, -0.25) is 9.36 Å². The molecule has 21 heavy (non-hydrogen) atoms. The smallest absolute Gasteiger partial charge is 0.234 e. The Morgan fingerprint density at radius 1 is 1.19 bits per heavy atom. The first kappa shape index (κ1) is 12.6. The zero-order valence-electron chi connectivity index (χ0n) is 11.6. The minimum Gasteiger partial charge on any atom is -0.311 e. The highest BCUT2D eigenvalue weighted by Gasteiger charge is 2.36. The van der Waals surface area contributed by atoms with Crippen molar-refractivity contribution in [1.82, 2.24) is 24.8 Å². The quantitative estimate of drug-likeness (QED) is 0.861. The summed E-state index contributed by atoms with van der Waals surface area (Å²) in [5, 5.41) is 3.56. The molecule has 4 rings (SSSR count). The third-order valence-electron chi connectivity index (χ3n) is 4.50. The molecule has 2 aromatic rings. The summed E-state index contributed by atoms with van der Waals surface area (Å²) in [7, 11) is 0. The summed E-state index contributed by atoms with van der Waals surface area (Å²) >= 11 is 0. The van der Waals surface area contributed by atoms with E-state index >= 15 is 0 Å². The van der Waals surface area contributed by atoms with Crippen molar-refractivity contribution in [2.75, 3.05) is 0 Å². The number of piperidine rings is 1. The molecule has 0 aromatic carbocycles. The van der Waals surface area contributed by atoms with Gasteiger partial charge in [0, 0.05) is 42.8 Å². The number of fused-ring (bicyclic) bond motifs is 2. The number of carbonyl (C=O) groups is 1.